The summed E-state index contributed by atoms with van der Waals surface area (Å²) in [6.45, 7) is 11.1. The highest BCUT2D eigenvalue weighted by Gasteiger charge is 2.43. The maximum atomic E-state index is 13.4. The van der Waals surface area contributed by atoms with E-state index >= 15 is 0 Å². The summed E-state index contributed by atoms with van der Waals surface area (Å²) in [6.07, 6.45) is 4.13. The van der Waals surface area contributed by atoms with E-state index in [4.69, 9.17) is 9.47 Å². The summed E-state index contributed by atoms with van der Waals surface area (Å²) in [6, 6.07) is 7.70. The SMILES string of the molecule is CCCCCOC(=O)C1=C(C)NC2=C(C(=O)CC(C)(C)C2)[C@H]1c1ccccc1OCC. The highest BCUT2D eigenvalue weighted by Crippen LogP contribution is 2.48. The second-order valence-electron chi connectivity index (χ2n) is 9.24. The second kappa shape index (κ2) is 9.71. The van der Waals surface area contributed by atoms with Crippen LogP contribution in [0.4, 0.5) is 0 Å². The van der Waals surface area contributed by atoms with E-state index in [0.717, 1.165) is 42.6 Å². The number of rotatable bonds is 8. The quantitative estimate of drug-likeness (QED) is 0.445. The fourth-order valence-corrected chi connectivity index (χ4v) is 4.62. The smallest absolute Gasteiger partial charge is 0.336 e. The first kappa shape index (κ1) is 23.1. The normalized spacial score (nSPS) is 20.3. The number of hydrogen-bond donors (Lipinski definition) is 1. The van der Waals surface area contributed by atoms with Crippen LogP contribution in [-0.2, 0) is 14.3 Å². The molecule has 0 saturated carbocycles. The molecule has 1 aromatic rings. The van der Waals surface area contributed by atoms with Crippen molar-refractivity contribution >= 4 is 11.8 Å². The molecule has 0 radical (unpaired) electrons. The molecule has 3 rings (SSSR count). The summed E-state index contributed by atoms with van der Waals surface area (Å²) < 4.78 is 11.5. The summed E-state index contributed by atoms with van der Waals surface area (Å²) in [7, 11) is 0. The van der Waals surface area contributed by atoms with E-state index in [1.807, 2.05) is 38.1 Å². The lowest BCUT2D eigenvalue weighted by Gasteiger charge is -2.39. The number of allylic oxidation sites excluding steroid dienone is 3. The van der Waals surface area contributed by atoms with Gasteiger partial charge in [-0.15, -0.1) is 0 Å². The molecule has 0 amide bonds. The Morgan fingerprint density at radius 2 is 1.90 bits per heavy atom. The fraction of sp³-hybridized carbons (Fsp3) is 0.538. The molecule has 0 unspecified atom stereocenters. The van der Waals surface area contributed by atoms with Crippen molar-refractivity contribution in [3.05, 3.63) is 52.4 Å². The first-order valence-corrected chi connectivity index (χ1v) is 11.4. The fourth-order valence-electron chi connectivity index (χ4n) is 4.62. The minimum Gasteiger partial charge on any atom is -0.494 e. The van der Waals surface area contributed by atoms with Gasteiger partial charge in [0.2, 0.25) is 0 Å². The van der Waals surface area contributed by atoms with Crippen LogP contribution in [0.3, 0.4) is 0 Å². The standard InChI is InChI=1S/C26H35NO4/c1-6-8-11-14-31-25(29)22-17(3)27-19-15-26(4,5)16-20(28)24(19)23(22)18-12-9-10-13-21(18)30-7-2/h9-10,12-13,23,27H,6-8,11,14-16H2,1-5H3/t23-/m0/s1. The predicted octanol–water partition coefficient (Wildman–Crippen LogP) is 5.42. The average molecular weight is 426 g/mol. The van der Waals surface area contributed by atoms with Gasteiger partial charge in [0, 0.05) is 29.0 Å². The van der Waals surface area contributed by atoms with Crippen molar-refractivity contribution in [2.45, 2.75) is 72.6 Å². The Bertz CT molecular complexity index is 910. The number of carbonyl (C=O) groups excluding carboxylic acids is 2. The van der Waals surface area contributed by atoms with Gasteiger partial charge in [0.05, 0.1) is 24.7 Å². The van der Waals surface area contributed by atoms with Gasteiger partial charge in [-0.2, -0.15) is 0 Å². The van der Waals surface area contributed by atoms with Crippen LogP contribution < -0.4 is 10.1 Å². The van der Waals surface area contributed by atoms with Crippen LogP contribution in [0.5, 0.6) is 5.75 Å². The zero-order valence-corrected chi connectivity index (χ0v) is 19.5. The number of carbonyl (C=O) groups is 2. The molecule has 5 nitrogen and oxygen atoms in total. The van der Waals surface area contributed by atoms with E-state index in [1.54, 1.807) is 0 Å². The molecule has 168 valence electrons. The molecule has 0 spiro atoms. The highest BCUT2D eigenvalue weighted by molar-refractivity contribution is 6.04. The molecule has 0 fully saturated rings. The van der Waals surface area contributed by atoms with Crippen molar-refractivity contribution in [2.24, 2.45) is 5.41 Å². The van der Waals surface area contributed by atoms with Gasteiger partial charge in [0.15, 0.2) is 5.78 Å². The number of dihydropyridines is 1. The third-order valence-corrected chi connectivity index (χ3v) is 5.97. The number of benzene rings is 1. The Kier molecular flexibility index (Phi) is 7.24. The van der Waals surface area contributed by atoms with Crippen molar-refractivity contribution in [3.8, 4) is 5.75 Å². The Labute approximate surface area is 185 Å². The highest BCUT2D eigenvalue weighted by atomic mass is 16.5. The van der Waals surface area contributed by atoms with Crippen molar-refractivity contribution in [1.29, 1.82) is 0 Å². The lowest BCUT2D eigenvalue weighted by Crippen LogP contribution is -2.38. The third-order valence-electron chi connectivity index (χ3n) is 5.97. The Morgan fingerprint density at radius 3 is 2.61 bits per heavy atom. The summed E-state index contributed by atoms with van der Waals surface area (Å²) >= 11 is 0. The van der Waals surface area contributed by atoms with Gasteiger partial charge in [-0.3, -0.25) is 4.79 Å². The Balaban J connectivity index is 2.08. The summed E-state index contributed by atoms with van der Waals surface area (Å²) in [5.74, 6) is -0.0628. The van der Waals surface area contributed by atoms with Crippen molar-refractivity contribution in [3.63, 3.8) is 0 Å². The third kappa shape index (κ3) is 5.03. The van der Waals surface area contributed by atoms with Crippen LogP contribution in [0.1, 0.15) is 78.2 Å². The largest absolute Gasteiger partial charge is 0.494 e. The van der Waals surface area contributed by atoms with Crippen LogP contribution in [0.25, 0.3) is 0 Å². The molecule has 0 aromatic heterocycles. The molecule has 0 saturated heterocycles. The summed E-state index contributed by atoms with van der Waals surface area (Å²) in [4.78, 5) is 26.6. The maximum Gasteiger partial charge on any atom is 0.336 e. The molecular formula is C26H35NO4. The molecular weight excluding hydrogens is 390 g/mol. The van der Waals surface area contributed by atoms with E-state index in [2.05, 4.69) is 26.1 Å². The molecule has 5 heteroatoms. The Hall–Kier alpha value is -2.56. The van der Waals surface area contributed by atoms with Crippen LogP contribution in [-0.4, -0.2) is 25.0 Å². The van der Waals surface area contributed by atoms with Crippen LogP contribution >= 0.6 is 0 Å². The Morgan fingerprint density at radius 1 is 1.16 bits per heavy atom. The van der Waals surface area contributed by atoms with Gasteiger partial charge in [-0.05, 0) is 38.2 Å². The summed E-state index contributed by atoms with van der Waals surface area (Å²) in [5, 5.41) is 3.38. The van der Waals surface area contributed by atoms with E-state index in [9.17, 15) is 9.59 Å². The van der Waals surface area contributed by atoms with Crippen LogP contribution in [0.15, 0.2) is 46.8 Å². The van der Waals surface area contributed by atoms with Crippen molar-refractivity contribution < 1.29 is 19.1 Å². The molecule has 1 atom stereocenters. The van der Waals surface area contributed by atoms with E-state index in [1.165, 1.54) is 0 Å². The average Bonchev–Trinajstić information content (AvgIpc) is 2.70. The van der Waals surface area contributed by atoms with Crippen molar-refractivity contribution in [1.82, 2.24) is 5.32 Å². The van der Waals surface area contributed by atoms with Gasteiger partial charge < -0.3 is 14.8 Å². The second-order valence-corrected chi connectivity index (χ2v) is 9.24. The van der Waals surface area contributed by atoms with Gasteiger partial charge in [0.1, 0.15) is 5.75 Å². The molecule has 2 aliphatic rings. The summed E-state index contributed by atoms with van der Waals surface area (Å²) in [5.41, 5.74) is 3.57. The number of ether oxygens (including phenoxy) is 2. The lowest BCUT2D eigenvalue weighted by molar-refractivity contribution is -0.139. The van der Waals surface area contributed by atoms with Crippen molar-refractivity contribution in [2.75, 3.05) is 13.2 Å². The minimum atomic E-state index is -0.485. The number of nitrogens with one attached hydrogen (secondary N) is 1. The zero-order valence-electron chi connectivity index (χ0n) is 19.5. The molecule has 1 aliphatic heterocycles. The molecule has 1 N–H and O–H groups in total. The monoisotopic (exact) mass is 425 g/mol. The van der Waals surface area contributed by atoms with Crippen LogP contribution in [0, 0.1) is 5.41 Å². The van der Waals surface area contributed by atoms with Gasteiger partial charge in [0.25, 0.3) is 0 Å². The number of para-hydroxylation sites is 1. The number of unbranched alkanes of at least 4 members (excludes halogenated alkanes) is 2. The zero-order chi connectivity index (χ0) is 22.6. The molecule has 31 heavy (non-hydrogen) atoms. The first-order valence-electron chi connectivity index (χ1n) is 11.4. The number of ketones is 1. The van der Waals surface area contributed by atoms with Gasteiger partial charge >= 0.3 is 5.97 Å². The maximum absolute atomic E-state index is 13.4. The van der Waals surface area contributed by atoms with E-state index in [0.29, 0.717) is 36.5 Å². The van der Waals surface area contributed by atoms with E-state index < -0.39 is 5.92 Å². The van der Waals surface area contributed by atoms with Gasteiger partial charge in [-0.1, -0.05) is 51.8 Å². The van der Waals surface area contributed by atoms with Gasteiger partial charge in [-0.25, -0.2) is 4.79 Å². The topological polar surface area (TPSA) is 64.6 Å². The first-order chi connectivity index (χ1) is 14.8. The number of Topliss-reactive ketones (excluding diaryl/α,β-unsaturated/α-hetero) is 1. The number of esters is 1. The lowest BCUT2D eigenvalue weighted by atomic mass is 9.68. The molecule has 1 aliphatic carbocycles. The minimum absolute atomic E-state index is 0.0823. The number of hydrogen-bond acceptors (Lipinski definition) is 5. The predicted molar refractivity (Wildman–Crippen MR) is 122 cm³/mol. The molecule has 1 aromatic carbocycles. The van der Waals surface area contributed by atoms with E-state index in [-0.39, 0.29) is 17.2 Å². The molecule has 1 heterocycles. The molecule has 0 bridgehead atoms. The van der Waals surface area contributed by atoms with Crippen LogP contribution in [0.2, 0.25) is 0 Å².